The molecule has 2 unspecified atom stereocenters. The van der Waals surface area contributed by atoms with Gasteiger partial charge in [0.15, 0.2) is 0 Å². The molecular weight excluding hydrogens is 358 g/mol. The van der Waals surface area contributed by atoms with Crippen LogP contribution in [0.25, 0.3) is 0 Å². The lowest BCUT2D eigenvalue weighted by Gasteiger charge is -2.23. The molecule has 2 atom stereocenters. The van der Waals surface area contributed by atoms with E-state index in [0.717, 1.165) is 11.3 Å². The van der Waals surface area contributed by atoms with Crippen LogP contribution in [0.15, 0.2) is 41.0 Å². The first-order valence-electron chi connectivity index (χ1n) is 9.33. The number of nitrogens with zero attached hydrogens (tertiary/aromatic N) is 2. The van der Waals surface area contributed by atoms with Gasteiger partial charge in [-0.3, -0.25) is 14.5 Å². The van der Waals surface area contributed by atoms with Gasteiger partial charge in [-0.1, -0.05) is 6.07 Å². The fraction of sp³-hybridized carbons (Fsp3) is 0.429. The van der Waals surface area contributed by atoms with Gasteiger partial charge in [0.05, 0.1) is 31.0 Å². The molecule has 28 heavy (non-hydrogen) atoms. The van der Waals surface area contributed by atoms with Crippen LogP contribution in [0.5, 0.6) is 5.75 Å². The molecule has 1 aromatic heterocycles. The Balaban J connectivity index is 1.66. The van der Waals surface area contributed by atoms with Crippen LogP contribution in [-0.4, -0.2) is 51.0 Å². The first-order chi connectivity index (χ1) is 13.4. The first-order valence-corrected chi connectivity index (χ1v) is 9.33. The van der Waals surface area contributed by atoms with E-state index in [1.807, 2.05) is 56.3 Å². The van der Waals surface area contributed by atoms with Gasteiger partial charge in [0.25, 0.3) is 0 Å². The number of rotatable bonds is 7. The molecule has 0 aliphatic carbocycles. The number of nitrogens with one attached hydrogen (secondary N) is 1. The molecule has 2 amide bonds. The summed E-state index contributed by atoms with van der Waals surface area (Å²) in [4.78, 5) is 28.9. The first kappa shape index (κ1) is 19.9. The standard InChI is InChI=1S/C21H27N3O4/c1-14-7-8-18(27-4)16(10-14)24-13-15(11-20(24)25)21(26)22-12-17(23(2)3)19-6-5-9-28-19/h5-10,15,17H,11-13H2,1-4H3,(H,22,26). The minimum absolute atomic E-state index is 0.0657. The fourth-order valence-electron chi connectivity index (χ4n) is 3.49. The van der Waals surface area contributed by atoms with E-state index in [0.29, 0.717) is 24.5 Å². The van der Waals surface area contributed by atoms with Crippen molar-refractivity contribution in [3.63, 3.8) is 0 Å². The average Bonchev–Trinajstić information content (AvgIpc) is 3.31. The summed E-state index contributed by atoms with van der Waals surface area (Å²) in [5.41, 5.74) is 1.74. The third-order valence-corrected chi connectivity index (χ3v) is 5.09. The van der Waals surface area contributed by atoms with Gasteiger partial charge in [0.2, 0.25) is 11.8 Å². The molecule has 0 bridgehead atoms. The molecule has 0 radical (unpaired) electrons. The molecule has 1 aliphatic rings. The van der Waals surface area contributed by atoms with Crippen LogP contribution in [0, 0.1) is 12.8 Å². The Morgan fingerprint density at radius 3 is 2.82 bits per heavy atom. The maximum Gasteiger partial charge on any atom is 0.227 e. The number of hydrogen-bond donors (Lipinski definition) is 1. The molecule has 2 heterocycles. The number of amides is 2. The quantitative estimate of drug-likeness (QED) is 0.792. The Labute approximate surface area is 165 Å². The van der Waals surface area contributed by atoms with Crippen molar-refractivity contribution < 1.29 is 18.7 Å². The highest BCUT2D eigenvalue weighted by Gasteiger charge is 2.36. The minimum Gasteiger partial charge on any atom is -0.495 e. The van der Waals surface area contributed by atoms with Crippen LogP contribution in [-0.2, 0) is 9.59 Å². The summed E-state index contributed by atoms with van der Waals surface area (Å²) in [6.07, 6.45) is 1.81. The van der Waals surface area contributed by atoms with Crippen molar-refractivity contribution in [2.45, 2.75) is 19.4 Å². The number of benzene rings is 1. The largest absolute Gasteiger partial charge is 0.495 e. The van der Waals surface area contributed by atoms with Crippen LogP contribution >= 0.6 is 0 Å². The molecular formula is C21H27N3O4. The Morgan fingerprint density at radius 1 is 1.39 bits per heavy atom. The Kier molecular flexibility index (Phi) is 6.04. The molecule has 0 spiro atoms. The molecule has 1 aromatic carbocycles. The van der Waals surface area contributed by atoms with Crippen molar-refractivity contribution in [2.24, 2.45) is 5.92 Å². The maximum atomic E-state index is 12.7. The molecule has 150 valence electrons. The van der Waals surface area contributed by atoms with E-state index in [1.165, 1.54) is 0 Å². The van der Waals surface area contributed by atoms with Gasteiger partial charge in [-0.05, 0) is 50.8 Å². The topological polar surface area (TPSA) is 75.0 Å². The second-order valence-corrected chi connectivity index (χ2v) is 7.32. The highest BCUT2D eigenvalue weighted by Crippen LogP contribution is 2.34. The normalized spacial score (nSPS) is 17.8. The van der Waals surface area contributed by atoms with Gasteiger partial charge in [0.1, 0.15) is 11.5 Å². The average molecular weight is 385 g/mol. The maximum absolute atomic E-state index is 12.7. The summed E-state index contributed by atoms with van der Waals surface area (Å²) < 4.78 is 10.9. The molecule has 1 fully saturated rings. The van der Waals surface area contributed by atoms with E-state index in [1.54, 1.807) is 18.3 Å². The summed E-state index contributed by atoms with van der Waals surface area (Å²) in [7, 11) is 5.45. The highest BCUT2D eigenvalue weighted by atomic mass is 16.5. The molecule has 1 N–H and O–H groups in total. The fourth-order valence-corrected chi connectivity index (χ4v) is 3.49. The number of furan rings is 1. The molecule has 1 saturated heterocycles. The van der Waals surface area contributed by atoms with Crippen LogP contribution in [0.1, 0.15) is 23.8 Å². The number of carbonyl (C=O) groups is 2. The van der Waals surface area contributed by atoms with Crippen molar-refractivity contribution in [1.82, 2.24) is 10.2 Å². The third kappa shape index (κ3) is 4.20. The zero-order valence-corrected chi connectivity index (χ0v) is 16.8. The third-order valence-electron chi connectivity index (χ3n) is 5.09. The van der Waals surface area contributed by atoms with E-state index in [-0.39, 0.29) is 24.3 Å². The van der Waals surface area contributed by atoms with Gasteiger partial charge in [-0.15, -0.1) is 0 Å². The lowest BCUT2D eigenvalue weighted by Crippen LogP contribution is -2.38. The van der Waals surface area contributed by atoms with Gasteiger partial charge < -0.3 is 19.4 Å². The van der Waals surface area contributed by atoms with Crippen LogP contribution in [0.4, 0.5) is 5.69 Å². The van der Waals surface area contributed by atoms with Crippen molar-refractivity contribution >= 4 is 17.5 Å². The van der Waals surface area contributed by atoms with E-state index in [2.05, 4.69) is 5.32 Å². The Bertz CT molecular complexity index is 832. The highest BCUT2D eigenvalue weighted by molar-refractivity contribution is 6.01. The number of anilines is 1. The van der Waals surface area contributed by atoms with Crippen molar-refractivity contribution in [3.8, 4) is 5.75 Å². The van der Waals surface area contributed by atoms with Crippen LogP contribution < -0.4 is 15.0 Å². The molecule has 7 heteroatoms. The zero-order valence-electron chi connectivity index (χ0n) is 16.8. The number of carbonyl (C=O) groups excluding carboxylic acids is 2. The van der Waals surface area contributed by atoms with Crippen molar-refractivity contribution in [1.29, 1.82) is 0 Å². The molecule has 0 saturated carbocycles. The molecule has 7 nitrogen and oxygen atoms in total. The summed E-state index contributed by atoms with van der Waals surface area (Å²) in [5.74, 6) is 0.835. The van der Waals surface area contributed by atoms with E-state index in [4.69, 9.17) is 9.15 Å². The monoisotopic (exact) mass is 385 g/mol. The van der Waals surface area contributed by atoms with E-state index < -0.39 is 5.92 Å². The van der Waals surface area contributed by atoms with Gasteiger partial charge in [0, 0.05) is 19.5 Å². The number of ether oxygens (including phenoxy) is 1. The second-order valence-electron chi connectivity index (χ2n) is 7.32. The Hall–Kier alpha value is -2.80. The van der Waals surface area contributed by atoms with Crippen LogP contribution in [0.3, 0.4) is 0 Å². The number of hydrogen-bond acceptors (Lipinski definition) is 5. The summed E-state index contributed by atoms with van der Waals surface area (Å²) >= 11 is 0. The lowest BCUT2D eigenvalue weighted by molar-refractivity contribution is -0.126. The molecule has 2 aromatic rings. The second kappa shape index (κ2) is 8.48. The summed E-state index contributed by atoms with van der Waals surface area (Å²) in [6, 6.07) is 9.34. The molecule has 1 aliphatic heterocycles. The smallest absolute Gasteiger partial charge is 0.227 e. The Morgan fingerprint density at radius 2 is 2.18 bits per heavy atom. The van der Waals surface area contributed by atoms with E-state index in [9.17, 15) is 9.59 Å². The lowest BCUT2D eigenvalue weighted by atomic mass is 10.1. The summed E-state index contributed by atoms with van der Waals surface area (Å²) in [6.45, 7) is 2.72. The predicted octanol–water partition coefficient (Wildman–Crippen LogP) is 2.37. The van der Waals surface area contributed by atoms with Gasteiger partial charge in [-0.25, -0.2) is 0 Å². The molecule has 3 rings (SSSR count). The van der Waals surface area contributed by atoms with Crippen LogP contribution in [0.2, 0.25) is 0 Å². The van der Waals surface area contributed by atoms with Crippen molar-refractivity contribution in [2.75, 3.05) is 39.2 Å². The van der Waals surface area contributed by atoms with Gasteiger partial charge in [-0.2, -0.15) is 0 Å². The number of likely N-dealkylation sites (N-methyl/N-ethyl adjacent to an activating group) is 1. The SMILES string of the molecule is COc1ccc(C)cc1N1CC(C(=O)NCC(c2ccco2)N(C)C)CC1=O. The number of aryl methyl sites for hydroxylation is 1. The van der Waals surface area contributed by atoms with Crippen molar-refractivity contribution in [3.05, 3.63) is 47.9 Å². The van der Waals surface area contributed by atoms with Gasteiger partial charge >= 0.3 is 0 Å². The summed E-state index contributed by atoms with van der Waals surface area (Å²) in [5, 5.41) is 2.98. The minimum atomic E-state index is -0.392. The predicted molar refractivity (Wildman–Crippen MR) is 106 cm³/mol. The van der Waals surface area contributed by atoms with E-state index >= 15 is 0 Å². The zero-order chi connectivity index (χ0) is 20.3. The number of methoxy groups -OCH3 is 1.